The molecule has 0 fully saturated rings. The van der Waals surface area contributed by atoms with Gasteiger partial charge in [-0.25, -0.2) is 0 Å². The molecule has 0 saturated carbocycles. The summed E-state index contributed by atoms with van der Waals surface area (Å²) in [6, 6.07) is 10.9. The molecule has 0 aliphatic heterocycles. The van der Waals surface area contributed by atoms with E-state index in [1.165, 1.54) is 13.0 Å². The highest BCUT2D eigenvalue weighted by atomic mass is 16.6. The molecule has 0 spiro atoms. The van der Waals surface area contributed by atoms with Gasteiger partial charge in [-0.15, -0.1) is 0 Å². The lowest BCUT2D eigenvalue weighted by Gasteiger charge is -2.08. The number of carbonyl (C=O) groups is 1. The molecular formula is C21H19N3O7. The fraction of sp³-hybridized carbons (Fsp3) is 0.190. The quantitative estimate of drug-likeness (QED) is 0.422. The first-order valence-corrected chi connectivity index (χ1v) is 9.19. The summed E-state index contributed by atoms with van der Waals surface area (Å²) in [4.78, 5) is 33.3. The van der Waals surface area contributed by atoms with E-state index in [-0.39, 0.29) is 23.6 Å². The van der Waals surface area contributed by atoms with Crippen LogP contribution in [0.2, 0.25) is 0 Å². The second-order valence-corrected chi connectivity index (χ2v) is 6.93. The number of aryl methyl sites for hydroxylation is 2. The summed E-state index contributed by atoms with van der Waals surface area (Å²) >= 11 is 0. The highest BCUT2D eigenvalue weighted by molar-refractivity contribution is 6.02. The molecule has 1 heterocycles. The van der Waals surface area contributed by atoms with Crippen molar-refractivity contribution in [1.82, 2.24) is 0 Å². The predicted octanol–water partition coefficient (Wildman–Crippen LogP) is 4.85. The number of nitrogens with zero attached hydrogens (tertiary/aromatic N) is 2. The molecular weight excluding hydrogens is 406 g/mol. The molecule has 0 radical (unpaired) electrons. The van der Waals surface area contributed by atoms with E-state index in [0.29, 0.717) is 11.5 Å². The molecule has 1 amide bonds. The van der Waals surface area contributed by atoms with Gasteiger partial charge in [-0.1, -0.05) is 12.1 Å². The van der Waals surface area contributed by atoms with Crippen molar-refractivity contribution in [3.8, 4) is 5.75 Å². The lowest BCUT2D eigenvalue weighted by atomic mass is 10.1. The van der Waals surface area contributed by atoms with Crippen LogP contribution in [-0.2, 0) is 6.61 Å². The number of nitrogens with one attached hydrogen (secondary N) is 1. The third-order valence-electron chi connectivity index (χ3n) is 4.60. The maximum absolute atomic E-state index is 12.5. The number of nitro benzene ring substituents is 2. The van der Waals surface area contributed by atoms with Crippen LogP contribution in [0.4, 0.5) is 17.1 Å². The second-order valence-electron chi connectivity index (χ2n) is 6.93. The van der Waals surface area contributed by atoms with E-state index in [9.17, 15) is 25.0 Å². The molecule has 0 aliphatic rings. The molecule has 10 nitrogen and oxygen atoms in total. The monoisotopic (exact) mass is 425 g/mol. The lowest BCUT2D eigenvalue weighted by molar-refractivity contribution is -0.395. The number of ether oxygens (including phenoxy) is 1. The van der Waals surface area contributed by atoms with Crippen molar-refractivity contribution in [1.29, 1.82) is 0 Å². The zero-order valence-electron chi connectivity index (χ0n) is 17.0. The van der Waals surface area contributed by atoms with Gasteiger partial charge in [-0.2, -0.15) is 0 Å². The van der Waals surface area contributed by atoms with Crippen LogP contribution in [0, 0.1) is 41.0 Å². The minimum absolute atomic E-state index is 0.0644. The van der Waals surface area contributed by atoms with Gasteiger partial charge in [0.25, 0.3) is 17.3 Å². The molecule has 3 rings (SSSR count). The van der Waals surface area contributed by atoms with Crippen molar-refractivity contribution in [3.05, 3.63) is 90.9 Å². The maximum atomic E-state index is 12.5. The van der Waals surface area contributed by atoms with Gasteiger partial charge >= 0.3 is 0 Å². The van der Waals surface area contributed by atoms with Crippen LogP contribution >= 0.6 is 0 Å². The van der Waals surface area contributed by atoms with Crippen LogP contribution in [0.25, 0.3) is 0 Å². The summed E-state index contributed by atoms with van der Waals surface area (Å²) in [6.07, 6.45) is 0. The number of nitro groups is 2. The Kier molecular flexibility index (Phi) is 6.00. The summed E-state index contributed by atoms with van der Waals surface area (Å²) in [5, 5.41) is 24.8. The van der Waals surface area contributed by atoms with E-state index in [2.05, 4.69) is 5.32 Å². The number of carbonyl (C=O) groups excluding carboxylic acids is 1. The number of amides is 1. The Labute approximate surface area is 176 Å². The summed E-state index contributed by atoms with van der Waals surface area (Å²) in [6.45, 7) is 5.23. The number of hydrogen-bond acceptors (Lipinski definition) is 7. The minimum atomic E-state index is -0.742. The van der Waals surface area contributed by atoms with E-state index in [1.54, 1.807) is 6.07 Å². The summed E-state index contributed by atoms with van der Waals surface area (Å²) < 4.78 is 11.2. The van der Waals surface area contributed by atoms with Crippen LogP contribution in [0.3, 0.4) is 0 Å². The number of hydrogen-bond donors (Lipinski definition) is 1. The first kappa shape index (κ1) is 21.5. The van der Waals surface area contributed by atoms with E-state index >= 15 is 0 Å². The number of anilines is 1. The van der Waals surface area contributed by atoms with Gasteiger partial charge in [0.05, 0.1) is 15.5 Å². The second kappa shape index (κ2) is 8.66. The predicted molar refractivity (Wildman–Crippen MR) is 111 cm³/mol. The standard InChI is InChI=1S/C21H19N3O7/c1-12-4-5-13(2)20(8-12)30-11-16-6-7-19(31-16)21(25)22-15-9-17(23(26)27)14(3)18(10-15)24(28)29/h4-10H,11H2,1-3H3,(H,22,25). The van der Waals surface area contributed by atoms with Crippen molar-refractivity contribution in [2.75, 3.05) is 5.32 Å². The normalized spacial score (nSPS) is 10.5. The van der Waals surface area contributed by atoms with Gasteiger partial charge in [-0.05, 0) is 50.1 Å². The molecule has 1 N–H and O–H groups in total. The molecule has 31 heavy (non-hydrogen) atoms. The van der Waals surface area contributed by atoms with Crippen molar-refractivity contribution < 1.29 is 23.8 Å². The van der Waals surface area contributed by atoms with E-state index in [4.69, 9.17) is 9.15 Å². The zero-order chi connectivity index (χ0) is 22.7. The molecule has 0 unspecified atom stereocenters. The number of rotatable bonds is 7. The molecule has 3 aromatic rings. The Morgan fingerprint density at radius 3 is 2.26 bits per heavy atom. The fourth-order valence-electron chi connectivity index (χ4n) is 2.92. The number of benzene rings is 2. The third kappa shape index (κ3) is 4.86. The van der Waals surface area contributed by atoms with Gasteiger partial charge in [-0.3, -0.25) is 25.0 Å². The average molecular weight is 425 g/mol. The number of furan rings is 1. The van der Waals surface area contributed by atoms with E-state index < -0.39 is 27.1 Å². The molecule has 0 bridgehead atoms. The van der Waals surface area contributed by atoms with Gasteiger partial charge in [0.15, 0.2) is 5.76 Å². The van der Waals surface area contributed by atoms with E-state index in [0.717, 1.165) is 23.3 Å². The molecule has 160 valence electrons. The van der Waals surface area contributed by atoms with Gasteiger partial charge < -0.3 is 14.5 Å². The maximum Gasteiger partial charge on any atom is 0.291 e. The zero-order valence-corrected chi connectivity index (χ0v) is 17.0. The van der Waals surface area contributed by atoms with Crippen molar-refractivity contribution in [2.45, 2.75) is 27.4 Å². The minimum Gasteiger partial charge on any atom is -0.485 e. The van der Waals surface area contributed by atoms with Crippen LogP contribution in [0.1, 0.15) is 33.0 Å². The van der Waals surface area contributed by atoms with Gasteiger partial charge in [0, 0.05) is 12.1 Å². The van der Waals surface area contributed by atoms with Gasteiger partial charge in [0.2, 0.25) is 0 Å². The third-order valence-corrected chi connectivity index (χ3v) is 4.60. The Balaban J connectivity index is 1.75. The first-order chi connectivity index (χ1) is 14.7. The molecule has 0 atom stereocenters. The SMILES string of the molecule is Cc1ccc(C)c(OCc2ccc(C(=O)Nc3cc([N+](=O)[O-])c(C)c([N+](=O)[O-])c3)o2)c1. The Hall–Kier alpha value is -4.21. The van der Waals surface area contributed by atoms with Gasteiger partial charge in [0.1, 0.15) is 23.7 Å². The summed E-state index contributed by atoms with van der Waals surface area (Å²) in [5.41, 5.74) is 0.882. The molecule has 0 aliphatic carbocycles. The Morgan fingerprint density at radius 2 is 1.65 bits per heavy atom. The largest absolute Gasteiger partial charge is 0.485 e. The summed E-state index contributed by atoms with van der Waals surface area (Å²) in [7, 11) is 0. The fourth-order valence-corrected chi connectivity index (χ4v) is 2.92. The average Bonchev–Trinajstić information content (AvgIpc) is 3.18. The van der Waals surface area contributed by atoms with Crippen molar-refractivity contribution in [3.63, 3.8) is 0 Å². The molecule has 10 heteroatoms. The molecule has 0 saturated heterocycles. The van der Waals surface area contributed by atoms with E-state index in [1.807, 2.05) is 32.0 Å². The topological polar surface area (TPSA) is 138 Å². The highest BCUT2D eigenvalue weighted by Crippen LogP contribution is 2.32. The highest BCUT2D eigenvalue weighted by Gasteiger charge is 2.24. The Morgan fingerprint density at radius 1 is 1.00 bits per heavy atom. The van der Waals surface area contributed by atoms with Crippen LogP contribution in [-0.4, -0.2) is 15.8 Å². The smallest absolute Gasteiger partial charge is 0.291 e. The lowest BCUT2D eigenvalue weighted by Crippen LogP contribution is -2.12. The molecule has 1 aromatic heterocycles. The first-order valence-electron chi connectivity index (χ1n) is 9.19. The Bertz CT molecular complexity index is 1150. The van der Waals surface area contributed by atoms with Crippen LogP contribution < -0.4 is 10.1 Å². The summed E-state index contributed by atoms with van der Waals surface area (Å²) in [5.74, 6) is 0.324. The molecule has 2 aromatic carbocycles. The van der Waals surface area contributed by atoms with Crippen LogP contribution in [0.5, 0.6) is 5.75 Å². The van der Waals surface area contributed by atoms with Crippen molar-refractivity contribution >= 4 is 23.0 Å². The van der Waals surface area contributed by atoms with Crippen molar-refractivity contribution in [2.24, 2.45) is 0 Å². The van der Waals surface area contributed by atoms with Crippen LogP contribution in [0.15, 0.2) is 46.9 Å².